The number of unbranched alkanes of at least 4 members (excludes halogenated alkanes) is 2. The third-order valence-corrected chi connectivity index (χ3v) is 3.39. The number of hydrogen-bond donors (Lipinski definition) is 0. The van der Waals surface area contributed by atoms with E-state index in [2.05, 4.69) is 54.1 Å². The van der Waals surface area contributed by atoms with Gasteiger partial charge in [0, 0.05) is 17.8 Å². The lowest BCUT2D eigenvalue weighted by atomic mass is 10.1. The Bertz CT molecular complexity index is 459. The predicted octanol–water partition coefficient (Wildman–Crippen LogP) is 4.69. The maximum Gasteiger partial charge on any atom is 0.0568 e. The van der Waals surface area contributed by atoms with E-state index in [0.717, 1.165) is 0 Å². The number of aromatic nitrogens is 2. The first-order valence-corrected chi connectivity index (χ1v) is 6.91. The Kier molecular flexibility index (Phi) is 4.57. The molecule has 1 aromatic heterocycles. The van der Waals surface area contributed by atoms with Gasteiger partial charge < -0.3 is 0 Å². The summed E-state index contributed by atoms with van der Waals surface area (Å²) < 4.78 is 2.10. The van der Waals surface area contributed by atoms with E-state index in [1.807, 2.05) is 12.3 Å². The molecule has 0 bridgehead atoms. The van der Waals surface area contributed by atoms with E-state index in [1.54, 1.807) is 0 Å². The second-order valence-corrected chi connectivity index (χ2v) is 4.92. The molecule has 0 saturated carbocycles. The van der Waals surface area contributed by atoms with Gasteiger partial charge in [-0.25, -0.2) is 0 Å². The molecule has 96 valence electrons. The fraction of sp³-hybridized carbons (Fsp3) is 0.438. The van der Waals surface area contributed by atoms with Crippen LogP contribution in [0, 0.1) is 0 Å². The topological polar surface area (TPSA) is 17.8 Å². The molecule has 0 amide bonds. The molecule has 0 radical (unpaired) electrons. The largest absolute Gasteiger partial charge is 0.269 e. The summed E-state index contributed by atoms with van der Waals surface area (Å²) >= 11 is 0. The maximum absolute atomic E-state index is 4.49. The minimum atomic E-state index is 0.494. The van der Waals surface area contributed by atoms with Crippen LogP contribution in [0.15, 0.2) is 42.7 Å². The second kappa shape index (κ2) is 6.39. The zero-order valence-corrected chi connectivity index (χ0v) is 11.3. The fourth-order valence-corrected chi connectivity index (χ4v) is 2.18. The van der Waals surface area contributed by atoms with Gasteiger partial charge in [-0.05, 0) is 18.9 Å². The molecule has 0 aliphatic heterocycles. The van der Waals surface area contributed by atoms with Crippen LogP contribution in [-0.4, -0.2) is 9.78 Å². The lowest BCUT2D eigenvalue weighted by Gasteiger charge is -2.11. The van der Waals surface area contributed by atoms with Gasteiger partial charge in [-0.2, -0.15) is 5.10 Å². The molecule has 2 aromatic rings. The molecule has 1 aromatic carbocycles. The number of rotatable bonds is 6. The van der Waals surface area contributed by atoms with Gasteiger partial charge in [-0.3, -0.25) is 4.68 Å². The zero-order chi connectivity index (χ0) is 12.8. The monoisotopic (exact) mass is 242 g/mol. The molecule has 0 fully saturated rings. The smallest absolute Gasteiger partial charge is 0.0568 e. The Labute approximate surface area is 110 Å². The molecule has 0 aliphatic carbocycles. The van der Waals surface area contributed by atoms with Gasteiger partial charge >= 0.3 is 0 Å². The molecule has 1 heterocycles. The summed E-state index contributed by atoms with van der Waals surface area (Å²) in [6.45, 7) is 4.49. The lowest BCUT2D eigenvalue weighted by molar-refractivity contribution is 0.438. The van der Waals surface area contributed by atoms with Crippen LogP contribution in [0.2, 0.25) is 0 Å². The standard InChI is InChI=1S/C16H22N2/c1-3-4-6-9-14(2)18-13-16(12-17-18)15-10-7-5-8-11-15/h5,7-8,10-14H,3-4,6,9H2,1-2H3. The van der Waals surface area contributed by atoms with Crippen molar-refractivity contribution in [1.29, 1.82) is 0 Å². The lowest BCUT2D eigenvalue weighted by Crippen LogP contribution is -2.05. The summed E-state index contributed by atoms with van der Waals surface area (Å²) in [5, 5.41) is 4.49. The van der Waals surface area contributed by atoms with Crippen LogP contribution in [0.3, 0.4) is 0 Å². The highest BCUT2D eigenvalue weighted by Crippen LogP contribution is 2.21. The van der Waals surface area contributed by atoms with Gasteiger partial charge in [0.1, 0.15) is 0 Å². The van der Waals surface area contributed by atoms with E-state index < -0.39 is 0 Å². The summed E-state index contributed by atoms with van der Waals surface area (Å²) in [4.78, 5) is 0. The van der Waals surface area contributed by atoms with Crippen molar-refractivity contribution in [3.8, 4) is 11.1 Å². The van der Waals surface area contributed by atoms with Crippen LogP contribution in [0.1, 0.15) is 45.6 Å². The Morgan fingerprint density at radius 1 is 1.11 bits per heavy atom. The van der Waals surface area contributed by atoms with Gasteiger partial charge in [0.25, 0.3) is 0 Å². The van der Waals surface area contributed by atoms with E-state index in [1.165, 1.54) is 36.8 Å². The summed E-state index contributed by atoms with van der Waals surface area (Å²) in [7, 11) is 0. The van der Waals surface area contributed by atoms with Crippen LogP contribution in [0.25, 0.3) is 11.1 Å². The van der Waals surface area contributed by atoms with Crippen molar-refractivity contribution >= 4 is 0 Å². The normalized spacial score (nSPS) is 12.6. The summed E-state index contributed by atoms with van der Waals surface area (Å²) in [6, 6.07) is 10.9. The predicted molar refractivity (Wildman–Crippen MR) is 76.5 cm³/mol. The SMILES string of the molecule is CCCCCC(C)n1cc(-c2ccccc2)cn1. The van der Waals surface area contributed by atoms with Crippen LogP contribution < -0.4 is 0 Å². The first kappa shape index (κ1) is 12.9. The van der Waals surface area contributed by atoms with E-state index >= 15 is 0 Å². The summed E-state index contributed by atoms with van der Waals surface area (Å²) in [5.41, 5.74) is 2.45. The molecule has 0 N–H and O–H groups in total. The number of hydrogen-bond acceptors (Lipinski definition) is 1. The quantitative estimate of drug-likeness (QED) is 0.672. The first-order valence-electron chi connectivity index (χ1n) is 6.91. The van der Waals surface area contributed by atoms with Crippen molar-refractivity contribution < 1.29 is 0 Å². The van der Waals surface area contributed by atoms with Gasteiger partial charge in [0.15, 0.2) is 0 Å². The highest BCUT2D eigenvalue weighted by molar-refractivity contribution is 5.61. The van der Waals surface area contributed by atoms with Crippen molar-refractivity contribution in [3.05, 3.63) is 42.7 Å². The molecule has 2 nitrogen and oxygen atoms in total. The van der Waals surface area contributed by atoms with Crippen molar-refractivity contribution in [1.82, 2.24) is 9.78 Å². The number of benzene rings is 1. The minimum Gasteiger partial charge on any atom is -0.269 e. The third kappa shape index (κ3) is 3.22. The average molecular weight is 242 g/mol. The van der Waals surface area contributed by atoms with Crippen LogP contribution in [0.4, 0.5) is 0 Å². The molecule has 0 aliphatic rings. The molecule has 1 unspecified atom stereocenters. The minimum absolute atomic E-state index is 0.494. The molecule has 2 heteroatoms. The Hall–Kier alpha value is -1.57. The van der Waals surface area contributed by atoms with Gasteiger partial charge in [0.2, 0.25) is 0 Å². The maximum atomic E-state index is 4.49. The second-order valence-electron chi connectivity index (χ2n) is 4.92. The number of nitrogens with zero attached hydrogens (tertiary/aromatic N) is 2. The highest BCUT2D eigenvalue weighted by atomic mass is 15.3. The van der Waals surface area contributed by atoms with E-state index in [4.69, 9.17) is 0 Å². The molecule has 2 rings (SSSR count). The van der Waals surface area contributed by atoms with E-state index in [-0.39, 0.29) is 0 Å². The van der Waals surface area contributed by atoms with Crippen molar-refractivity contribution in [2.24, 2.45) is 0 Å². The molecular formula is C16H22N2. The first-order chi connectivity index (χ1) is 8.81. The van der Waals surface area contributed by atoms with E-state index in [0.29, 0.717) is 6.04 Å². The molecule has 0 spiro atoms. The van der Waals surface area contributed by atoms with Crippen LogP contribution in [-0.2, 0) is 0 Å². The van der Waals surface area contributed by atoms with E-state index in [9.17, 15) is 0 Å². The molecular weight excluding hydrogens is 220 g/mol. The van der Waals surface area contributed by atoms with Crippen molar-refractivity contribution in [2.45, 2.75) is 45.6 Å². The van der Waals surface area contributed by atoms with Gasteiger partial charge in [0.05, 0.1) is 6.20 Å². The molecule has 1 atom stereocenters. The zero-order valence-electron chi connectivity index (χ0n) is 11.3. The summed E-state index contributed by atoms with van der Waals surface area (Å²) in [5.74, 6) is 0. The third-order valence-electron chi connectivity index (χ3n) is 3.39. The van der Waals surface area contributed by atoms with Crippen molar-refractivity contribution in [2.75, 3.05) is 0 Å². The summed E-state index contributed by atoms with van der Waals surface area (Å²) in [6.07, 6.45) is 9.22. The van der Waals surface area contributed by atoms with Crippen molar-refractivity contribution in [3.63, 3.8) is 0 Å². The fourth-order valence-electron chi connectivity index (χ4n) is 2.18. The Morgan fingerprint density at radius 3 is 2.61 bits per heavy atom. The average Bonchev–Trinajstić information content (AvgIpc) is 2.89. The Morgan fingerprint density at radius 2 is 1.89 bits per heavy atom. The van der Waals surface area contributed by atoms with Gasteiger partial charge in [-0.15, -0.1) is 0 Å². The highest BCUT2D eigenvalue weighted by Gasteiger charge is 2.07. The Balaban J connectivity index is 2.02. The van der Waals surface area contributed by atoms with Crippen LogP contribution >= 0.6 is 0 Å². The van der Waals surface area contributed by atoms with Crippen LogP contribution in [0.5, 0.6) is 0 Å². The molecule has 18 heavy (non-hydrogen) atoms. The molecule has 0 saturated heterocycles. The van der Waals surface area contributed by atoms with Gasteiger partial charge in [-0.1, -0.05) is 56.5 Å².